The molecule has 0 unspecified atom stereocenters. The van der Waals surface area contributed by atoms with Crippen molar-refractivity contribution in [1.29, 1.82) is 0 Å². The first-order chi connectivity index (χ1) is 9.69. The molecule has 3 heteroatoms. The van der Waals surface area contributed by atoms with Gasteiger partial charge in [-0.1, -0.05) is 31.6 Å². The van der Waals surface area contributed by atoms with Crippen LogP contribution >= 0.6 is 0 Å². The van der Waals surface area contributed by atoms with Crippen LogP contribution in [-0.2, 0) is 11.3 Å². The molecule has 0 bridgehead atoms. The normalized spacial score (nSPS) is 13.3. The Labute approximate surface area is 122 Å². The molecule has 3 nitrogen and oxygen atoms in total. The SMILES string of the molecule is CCCC/C(=C/[C@H](C)OCc1ccc(OC)cc1)CO. The van der Waals surface area contributed by atoms with E-state index in [2.05, 4.69) is 6.92 Å². The number of aliphatic hydroxyl groups is 1. The summed E-state index contributed by atoms with van der Waals surface area (Å²) in [5.74, 6) is 0.851. The second kappa shape index (κ2) is 9.56. The molecular formula is C17H26O3. The van der Waals surface area contributed by atoms with E-state index < -0.39 is 0 Å². The molecule has 1 atom stereocenters. The molecule has 20 heavy (non-hydrogen) atoms. The van der Waals surface area contributed by atoms with Crippen LogP contribution in [0, 0.1) is 0 Å². The fourth-order valence-corrected chi connectivity index (χ4v) is 1.95. The van der Waals surface area contributed by atoms with Gasteiger partial charge in [0.25, 0.3) is 0 Å². The van der Waals surface area contributed by atoms with E-state index >= 15 is 0 Å². The minimum Gasteiger partial charge on any atom is -0.497 e. The van der Waals surface area contributed by atoms with Crippen molar-refractivity contribution < 1.29 is 14.6 Å². The van der Waals surface area contributed by atoms with Crippen LogP contribution in [0.25, 0.3) is 0 Å². The fourth-order valence-electron chi connectivity index (χ4n) is 1.95. The van der Waals surface area contributed by atoms with Gasteiger partial charge in [0.2, 0.25) is 0 Å². The van der Waals surface area contributed by atoms with Crippen molar-refractivity contribution in [2.24, 2.45) is 0 Å². The van der Waals surface area contributed by atoms with E-state index in [1.165, 1.54) is 0 Å². The highest BCUT2D eigenvalue weighted by Gasteiger charge is 2.03. The molecule has 1 N–H and O–H groups in total. The standard InChI is InChI=1S/C17H26O3/c1-4-5-6-16(12-18)11-14(2)20-13-15-7-9-17(19-3)10-8-15/h7-11,14,18H,4-6,12-13H2,1-3H3/b16-11-/t14-/m0/s1. The van der Waals surface area contributed by atoms with Crippen LogP contribution in [-0.4, -0.2) is 24.9 Å². The highest BCUT2D eigenvalue weighted by molar-refractivity contribution is 5.26. The molecule has 0 radical (unpaired) electrons. The summed E-state index contributed by atoms with van der Waals surface area (Å²) in [6.45, 7) is 4.84. The Hall–Kier alpha value is -1.32. The van der Waals surface area contributed by atoms with Crippen molar-refractivity contribution in [1.82, 2.24) is 0 Å². The molecule has 0 aliphatic heterocycles. The van der Waals surface area contributed by atoms with E-state index in [4.69, 9.17) is 9.47 Å². The van der Waals surface area contributed by atoms with Crippen molar-refractivity contribution >= 4 is 0 Å². The monoisotopic (exact) mass is 278 g/mol. The predicted molar refractivity (Wildman–Crippen MR) is 81.9 cm³/mol. The summed E-state index contributed by atoms with van der Waals surface area (Å²) in [5, 5.41) is 9.31. The molecule has 0 fully saturated rings. The Bertz CT molecular complexity index is 395. The lowest BCUT2D eigenvalue weighted by molar-refractivity contribution is 0.0829. The van der Waals surface area contributed by atoms with Crippen molar-refractivity contribution in [3.63, 3.8) is 0 Å². The molecule has 0 saturated carbocycles. The maximum Gasteiger partial charge on any atom is 0.118 e. The van der Waals surface area contributed by atoms with E-state index in [-0.39, 0.29) is 12.7 Å². The summed E-state index contributed by atoms with van der Waals surface area (Å²) in [7, 11) is 1.66. The lowest BCUT2D eigenvalue weighted by Gasteiger charge is -2.12. The lowest BCUT2D eigenvalue weighted by atomic mass is 10.1. The summed E-state index contributed by atoms with van der Waals surface area (Å²) >= 11 is 0. The summed E-state index contributed by atoms with van der Waals surface area (Å²) < 4.78 is 10.9. The molecule has 1 aromatic rings. The van der Waals surface area contributed by atoms with Crippen LogP contribution in [0.2, 0.25) is 0 Å². The predicted octanol–water partition coefficient (Wildman–Crippen LogP) is 3.71. The van der Waals surface area contributed by atoms with E-state index in [1.54, 1.807) is 7.11 Å². The number of hydrogen-bond acceptors (Lipinski definition) is 3. The van der Waals surface area contributed by atoms with Crippen molar-refractivity contribution in [2.45, 2.75) is 45.8 Å². The summed E-state index contributed by atoms with van der Waals surface area (Å²) in [5.41, 5.74) is 2.18. The van der Waals surface area contributed by atoms with Crippen molar-refractivity contribution in [2.75, 3.05) is 13.7 Å². The van der Waals surface area contributed by atoms with Crippen LogP contribution in [0.3, 0.4) is 0 Å². The van der Waals surface area contributed by atoms with Crippen LogP contribution < -0.4 is 4.74 Å². The second-order valence-electron chi connectivity index (χ2n) is 4.95. The highest BCUT2D eigenvalue weighted by atomic mass is 16.5. The highest BCUT2D eigenvalue weighted by Crippen LogP contribution is 2.14. The van der Waals surface area contributed by atoms with Crippen LogP contribution in [0.15, 0.2) is 35.9 Å². The van der Waals surface area contributed by atoms with Crippen LogP contribution in [0.4, 0.5) is 0 Å². The Morgan fingerprint density at radius 3 is 2.55 bits per heavy atom. The molecule has 0 spiro atoms. The molecule has 0 amide bonds. The Kier molecular flexibility index (Phi) is 8.00. The number of benzene rings is 1. The second-order valence-corrected chi connectivity index (χ2v) is 4.95. The molecule has 0 saturated heterocycles. The summed E-state index contributed by atoms with van der Waals surface area (Å²) in [6.07, 6.45) is 5.23. The molecule has 0 aliphatic rings. The van der Waals surface area contributed by atoms with E-state index in [1.807, 2.05) is 37.3 Å². The first kappa shape index (κ1) is 16.7. The van der Waals surface area contributed by atoms with Gasteiger partial charge in [-0.25, -0.2) is 0 Å². The van der Waals surface area contributed by atoms with Gasteiger partial charge < -0.3 is 14.6 Å². The first-order valence-corrected chi connectivity index (χ1v) is 7.24. The largest absolute Gasteiger partial charge is 0.497 e. The minimum atomic E-state index is 0.0103. The molecular weight excluding hydrogens is 252 g/mol. The molecule has 1 aromatic carbocycles. The van der Waals surface area contributed by atoms with E-state index in [0.29, 0.717) is 6.61 Å². The molecule has 0 aromatic heterocycles. The fraction of sp³-hybridized carbons (Fsp3) is 0.529. The summed E-state index contributed by atoms with van der Waals surface area (Å²) in [4.78, 5) is 0. The average molecular weight is 278 g/mol. The number of ether oxygens (including phenoxy) is 2. The zero-order valence-corrected chi connectivity index (χ0v) is 12.8. The molecule has 0 aliphatic carbocycles. The maximum absolute atomic E-state index is 9.31. The number of hydrogen-bond donors (Lipinski definition) is 1. The van der Waals surface area contributed by atoms with Crippen molar-refractivity contribution in [3.8, 4) is 5.75 Å². The van der Waals surface area contributed by atoms with Gasteiger partial charge in [0, 0.05) is 0 Å². The molecule has 112 valence electrons. The van der Waals surface area contributed by atoms with Gasteiger partial charge in [0.1, 0.15) is 5.75 Å². The van der Waals surface area contributed by atoms with Crippen LogP contribution in [0.5, 0.6) is 5.75 Å². The van der Waals surface area contributed by atoms with Gasteiger partial charge in [-0.15, -0.1) is 0 Å². The van der Waals surface area contributed by atoms with E-state index in [9.17, 15) is 5.11 Å². The van der Waals surface area contributed by atoms with Gasteiger partial charge in [0.05, 0.1) is 26.4 Å². The Balaban J connectivity index is 2.44. The minimum absolute atomic E-state index is 0.0103. The number of unbranched alkanes of at least 4 members (excludes halogenated alkanes) is 1. The lowest BCUT2D eigenvalue weighted by Crippen LogP contribution is -2.07. The number of rotatable bonds is 9. The quantitative estimate of drug-likeness (QED) is 0.700. The van der Waals surface area contributed by atoms with Gasteiger partial charge >= 0.3 is 0 Å². The van der Waals surface area contributed by atoms with Crippen molar-refractivity contribution in [3.05, 3.63) is 41.5 Å². The molecule has 0 heterocycles. The average Bonchev–Trinajstić information content (AvgIpc) is 2.49. The zero-order valence-electron chi connectivity index (χ0n) is 12.8. The first-order valence-electron chi connectivity index (χ1n) is 7.24. The smallest absolute Gasteiger partial charge is 0.118 e. The topological polar surface area (TPSA) is 38.7 Å². The third-order valence-electron chi connectivity index (χ3n) is 3.20. The van der Waals surface area contributed by atoms with Gasteiger partial charge in [-0.3, -0.25) is 0 Å². The third-order valence-corrected chi connectivity index (χ3v) is 3.20. The maximum atomic E-state index is 9.31. The van der Waals surface area contributed by atoms with Gasteiger partial charge in [0.15, 0.2) is 0 Å². The Morgan fingerprint density at radius 1 is 1.30 bits per heavy atom. The third kappa shape index (κ3) is 6.22. The Morgan fingerprint density at radius 2 is 2.00 bits per heavy atom. The molecule has 1 rings (SSSR count). The summed E-state index contributed by atoms with van der Waals surface area (Å²) in [6, 6.07) is 7.86. The van der Waals surface area contributed by atoms with Gasteiger partial charge in [-0.05, 0) is 43.0 Å². The van der Waals surface area contributed by atoms with Crippen LogP contribution in [0.1, 0.15) is 38.7 Å². The van der Waals surface area contributed by atoms with E-state index in [0.717, 1.165) is 36.1 Å². The zero-order chi connectivity index (χ0) is 14.8. The number of methoxy groups -OCH3 is 1. The van der Waals surface area contributed by atoms with Gasteiger partial charge in [-0.2, -0.15) is 0 Å². The number of aliphatic hydroxyl groups excluding tert-OH is 1.